The number of nitro benzene ring substituents is 1. The van der Waals surface area contributed by atoms with E-state index in [0.29, 0.717) is 33.3 Å². The summed E-state index contributed by atoms with van der Waals surface area (Å²) in [5.74, 6) is -0.211. The largest absolute Gasteiger partial charge is 0.454 e. The van der Waals surface area contributed by atoms with Crippen LogP contribution in [-0.4, -0.2) is 35.2 Å². The van der Waals surface area contributed by atoms with Crippen molar-refractivity contribution in [1.29, 1.82) is 0 Å². The van der Waals surface area contributed by atoms with E-state index in [9.17, 15) is 24.5 Å². The standard InChI is InChI=1S/C31H24N4O7S/c36-29(32-23-13-14-27-28(17-23)42-19-41-27)18-43-24-11-6-10-22(16-24)33-31(38)25(34-30(37)20-7-2-1-3-8-20)15-21-9-4-5-12-26(21)35(39)40/h1-17H,18-19H2,(H,32,36)(H,33,38)(H,34,37)/b25-15+. The maximum absolute atomic E-state index is 13.4. The molecule has 216 valence electrons. The van der Waals surface area contributed by atoms with E-state index in [0.717, 1.165) is 0 Å². The summed E-state index contributed by atoms with van der Waals surface area (Å²) in [6.45, 7) is 0.137. The molecule has 43 heavy (non-hydrogen) atoms. The summed E-state index contributed by atoms with van der Waals surface area (Å²) in [5.41, 5.74) is 1.01. The number of hydrogen-bond donors (Lipinski definition) is 3. The topological polar surface area (TPSA) is 149 Å². The number of para-hydroxylation sites is 1. The number of benzene rings is 4. The normalized spacial score (nSPS) is 11.9. The van der Waals surface area contributed by atoms with Crippen LogP contribution >= 0.6 is 11.8 Å². The van der Waals surface area contributed by atoms with Gasteiger partial charge in [-0.15, -0.1) is 11.8 Å². The highest BCUT2D eigenvalue weighted by Crippen LogP contribution is 2.34. The Labute approximate surface area is 250 Å². The van der Waals surface area contributed by atoms with Gasteiger partial charge in [-0.25, -0.2) is 0 Å². The first-order valence-electron chi connectivity index (χ1n) is 12.9. The highest BCUT2D eigenvalue weighted by molar-refractivity contribution is 8.00. The summed E-state index contributed by atoms with van der Waals surface area (Å²) in [4.78, 5) is 50.5. The Balaban J connectivity index is 1.28. The van der Waals surface area contributed by atoms with Gasteiger partial charge in [-0.1, -0.05) is 36.4 Å². The number of anilines is 2. The van der Waals surface area contributed by atoms with Crippen molar-refractivity contribution in [3.8, 4) is 11.5 Å². The molecule has 1 aliphatic heterocycles. The average molecular weight is 597 g/mol. The Hall–Kier alpha value is -5.62. The van der Waals surface area contributed by atoms with Gasteiger partial charge in [0.1, 0.15) is 5.70 Å². The molecule has 0 bridgehead atoms. The van der Waals surface area contributed by atoms with E-state index in [2.05, 4.69) is 16.0 Å². The van der Waals surface area contributed by atoms with Gasteiger partial charge < -0.3 is 25.4 Å². The molecule has 0 saturated carbocycles. The molecule has 4 aromatic rings. The van der Waals surface area contributed by atoms with E-state index in [1.165, 1.54) is 36.0 Å². The van der Waals surface area contributed by atoms with Crippen LogP contribution in [0.1, 0.15) is 15.9 Å². The summed E-state index contributed by atoms with van der Waals surface area (Å²) in [5, 5.41) is 19.7. The summed E-state index contributed by atoms with van der Waals surface area (Å²) in [7, 11) is 0. The zero-order valence-electron chi connectivity index (χ0n) is 22.4. The van der Waals surface area contributed by atoms with Gasteiger partial charge in [0.25, 0.3) is 17.5 Å². The minimum Gasteiger partial charge on any atom is -0.454 e. The molecule has 0 radical (unpaired) electrons. The number of nitro groups is 1. The fraction of sp³-hybridized carbons (Fsp3) is 0.0645. The van der Waals surface area contributed by atoms with Crippen LogP contribution in [-0.2, 0) is 9.59 Å². The molecule has 0 saturated heterocycles. The average Bonchev–Trinajstić information content (AvgIpc) is 3.48. The predicted molar refractivity (Wildman–Crippen MR) is 162 cm³/mol. The van der Waals surface area contributed by atoms with Crippen molar-refractivity contribution in [2.24, 2.45) is 0 Å². The summed E-state index contributed by atoms with van der Waals surface area (Å²) >= 11 is 1.26. The van der Waals surface area contributed by atoms with Crippen LogP contribution in [0.25, 0.3) is 6.08 Å². The monoisotopic (exact) mass is 596 g/mol. The van der Waals surface area contributed by atoms with E-state index in [1.807, 2.05) is 0 Å². The van der Waals surface area contributed by atoms with Crippen molar-refractivity contribution in [2.75, 3.05) is 23.2 Å². The third-order valence-electron chi connectivity index (χ3n) is 6.08. The number of nitrogens with one attached hydrogen (secondary N) is 3. The predicted octanol–water partition coefficient (Wildman–Crippen LogP) is 5.46. The lowest BCUT2D eigenvalue weighted by Gasteiger charge is -2.12. The van der Waals surface area contributed by atoms with E-state index in [1.54, 1.807) is 78.9 Å². The zero-order chi connectivity index (χ0) is 30.2. The number of hydrogen-bond acceptors (Lipinski definition) is 8. The Morgan fingerprint density at radius 3 is 2.40 bits per heavy atom. The van der Waals surface area contributed by atoms with Crippen LogP contribution in [0, 0.1) is 10.1 Å². The smallest absolute Gasteiger partial charge is 0.276 e. The number of carbonyl (C=O) groups excluding carboxylic acids is 3. The molecule has 0 fully saturated rings. The Kier molecular flexibility index (Phi) is 8.98. The number of ether oxygens (including phenoxy) is 2. The zero-order valence-corrected chi connectivity index (χ0v) is 23.3. The van der Waals surface area contributed by atoms with Gasteiger partial charge >= 0.3 is 0 Å². The molecule has 0 aliphatic carbocycles. The van der Waals surface area contributed by atoms with Crippen LogP contribution in [0.3, 0.4) is 0 Å². The first kappa shape index (κ1) is 28.9. The SMILES string of the molecule is O=C(CSc1cccc(NC(=O)/C(=C\c2ccccc2[N+](=O)[O-])NC(=O)c2ccccc2)c1)Nc1ccc2c(c1)OCO2. The molecule has 12 heteroatoms. The molecule has 5 rings (SSSR count). The van der Waals surface area contributed by atoms with Gasteiger partial charge in [0.2, 0.25) is 12.7 Å². The van der Waals surface area contributed by atoms with Crippen LogP contribution in [0.5, 0.6) is 11.5 Å². The van der Waals surface area contributed by atoms with Crippen LogP contribution in [0.15, 0.2) is 108 Å². The number of rotatable bonds is 10. The molecule has 0 aromatic heterocycles. The second kappa shape index (κ2) is 13.4. The first-order valence-corrected chi connectivity index (χ1v) is 13.9. The summed E-state index contributed by atoms with van der Waals surface area (Å²) in [6.07, 6.45) is 1.26. The highest BCUT2D eigenvalue weighted by Gasteiger charge is 2.19. The molecule has 0 spiro atoms. The van der Waals surface area contributed by atoms with Gasteiger partial charge in [-0.05, 0) is 54.6 Å². The lowest BCUT2D eigenvalue weighted by Crippen LogP contribution is -2.30. The fourth-order valence-electron chi connectivity index (χ4n) is 4.06. The van der Waals surface area contributed by atoms with Crippen molar-refractivity contribution in [2.45, 2.75) is 4.90 Å². The fourth-order valence-corrected chi connectivity index (χ4v) is 4.81. The number of nitrogens with zero attached hydrogens (tertiary/aromatic N) is 1. The Morgan fingerprint density at radius 1 is 0.837 bits per heavy atom. The molecule has 0 atom stereocenters. The second-order valence-corrected chi connectivity index (χ2v) is 10.1. The number of carbonyl (C=O) groups is 3. The second-order valence-electron chi connectivity index (χ2n) is 9.08. The van der Waals surface area contributed by atoms with E-state index in [-0.39, 0.29) is 35.4 Å². The number of amides is 3. The van der Waals surface area contributed by atoms with Crippen molar-refractivity contribution in [3.05, 3.63) is 124 Å². The minimum absolute atomic E-state index is 0.0990. The van der Waals surface area contributed by atoms with Gasteiger partial charge in [0.05, 0.1) is 16.2 Å². The molecule has 4 aromatic carbocycles. The van der Waals surface area contributed by atoms with Crippen molar-refractivity contribution in [1.82, 2.24) is 5.32 Å². The quantitative estimate of drug-likeness (QED) is 0.0945. The Bertz CT molecular complexity index is 1730. The number of thioether (sulfide) groups is 1. The molecular formula is C31H24N4O7S. The van der Waals surface area contributed by atoms with Crippen molar-refractivity contribution in [3.63, 3.8) is 0 Å². The third kappa shape index (κ3) is 7.57. The maximum Gasteiger partial charge on any atom is 0.276 e. The van der Waals surface area contributed by atoms with Gasteiger partial charge in [0, 0.05) is 34.0 Å². The van der Waals surface area contributed by atoms with Crippen molar-refractivity contribution >= 4 is 52.6 Å². The maximum atomic E-state index is 13.4. The minimum atomic E-state index is -0.690. The van der Waals surface area contributed by atoms with Crippen LogP contribution in [0.4, 0.5) is 17.1 Å². The van der Waals surface area contributed by atoms with Gasteiger partial charge in [-0.2, -0.15) is 0 Å². The number of fused-ring (bicyclic) bond motifs is 1. The van der Waals surface area contributed by atoms with E-state index < -0.39 is 16.7 Å². The van der Waals surface area contributed by atoms with Gasteiger partial charge in [-0.3, -0.25) is 24.5 Å². The summed E-state index contributed by atoms with van der Waals surface area (Å²) < 4.78 is 10.6. The van der Waals surface area contributed by atoms with Gasteiger partial charge in [0.15, 0.2) is 11.5 Å². The molecule has 3 amide bonds. The van der Waals surface area contributed by atoms with Crippen molar-refractivity contribution < 1.29 is 28.8 Å². The molecule has 1 aliphatic rings. The molecule has 11 nitrogen and oxygen atoms in total. The lowest BCUT2D eigenvalue weighted by atomic mass is 10.1. The van der Waals surface area contributed by atoms with E-state index >= 15 is 0 Å². The first-order chi connectivity index (χ1) is 20.9. The lowest BCUT2D eigenvalue weighted by molar-refractivity contribution is -0.385. The molecule has 3 N–H and O–H groups in total. The van der Waals surface area contributed by atoms with E-state index in [4.69, 9.17) is 9.47 Å². The molecular weight excluding hydrogens is 572 g/mol. The Morgan fingerprint density at radius 2 is 1.58 bits per heavy atom. The molecule has 1 heterocycles. The third-order valence-corrected chi connectivity index (χ3v) is 7.07. The van der Waals surface area contributed by atoms with Crippen LogP contribution in [0.2, 0.25) is 0 Å². The molecule has 0 unspecified atom stereocenters. The summed E-state index contributed by atoms with van der Waals surface area (Å²) in [6, 6.07) is 26.1. The van der Waals surface area contributed by atoms with Crippen LogP contribution < -0.4 is 25.4 Å². The highest BCUT2D eigenvalue weighted by atomic mass is 32.2.